The molecule has 0 N–H and O–H groups in total. The second-order valence-corrected chi connectivity index (χ2v) is 11.5. The Hall–Kier alpha value is -1.46. The average Bonchev–Trinajstić information content (AvgIpc) is 3.15. The van der Waals surface area contributed by atoms with Crippen molar-refractivity contribution in [1.82, 2.24) is 18.3 Å². The van der Waals surface area contributed by atoms with Crippen LogP contribution in [0.1, 0.15) is 11.8 Å². The maximum absolute atomic E-state index is 12.9. The molecule has 152 valence electrons. The number of rotatable bonds is 7. The van der Waals surface area contributed by atoms with Gasteiger partial charge in [-0.3, -0.25) is 14.0 Å². The van der Waals surface area contributed by atoms with Crippen LogP contribution < -0.4 is 5.69 Å². The van der Waals surface area contributed by atoms with E-state index in [1.807, 2.05) is 31.0 Å². The first-order valence-electron chi connectivity index (χ1n) is 8.73. The van der Waals surface area contributed by atoms with Gasteiger partial charge in [0.2, 0.25) is 10.0 Å². The van der Waals surface area contributed by atoms with Crippen molar-refractivity contribution in [2.75, 3.05) is 21.1 Å². The van der Waals surface area contributed by atoms with Crippen molar-refractivity contribution in [1.29, 1.82) is 0 Å². The molecular formula is C18H23BrN4O3S2. The summed E-state index contributed by atoms with van der Waals surface area (Å²) in [4.78, 5) is 16.3. The smallest absolute Gasteiger partial charge is 0.292 e. The first kappa shape index (κ1) is 21.3. The SMILES string of the molecule is CCn1c(=O)n(CN(C)Cc2ccc(Br)s2)c2cc(S(=O)(=O)N(C)C)ccc21. The van der Waals surface area contributed by atoms with Gasteiger partial charge in [0, 0.05) is 32.1 Å². The first-order valence-corrected chi connectivity index (χ1v) is 11.8. The van der Waals surface area contributed by atoms with Gasteiger partial charge in [-0.2, -0.15) is 0 Å². The molecule has 3 rings (SSSR count). The van der Waals surface area contributed by atoms with E-state index >= 15 is 0 Å². The lowest BCUT2D eigenvalue weighted by Crippen LogP contribution is -2.30. The second kappa shape index (κ2) is 8.11. The van der Waals surface area contributed by atoms with Crippen LogP contribution in [-0.4, -0.2) is 47.9 Å². The van der Waals surface area contributed by atoms with Gasteiger partial charge in [0.1, 0.15) is 0 Å². The van der Waals surface area contributed by atoms with Gasteiger partial charge in [-0.25, -0.2) is 17.5 Å². The summed E-state index contributed by atoms with van der Waals surface area (Å²) in [6.07, 6.45) is 0. The quantitative estimate of drug-likeness (QED) is 0.514. The molecule has 0 amide bonds. The fourth-order valence-corrected chi connectivity index (χ4v) is 5.59. The van der Waals surface area contributed by atoms with Crippen molar-refractivity contribution in [2.45, 2.75) is 31.6 Å². The van der Waals surface area contributed by atoms with E-state index in [2.05, 4.69) is 15.9 Å². The topological polar surface area (TPSA) is 67.5 Å². The maximum atomic E-state index is 12.9. The van der Waals surface area contributed by atoms with Crippen molar-refractivity contribution in [3.05, 3.63) is 49.5 Å². The summed E-state index contributed by atoms with van der Waals surface area (Å²) in [7, 11) is 1.36. The number of fused-ring (bicyclic) bond motifs is 1. The summed E-state index contributed by atoms with van der Waals surface area (Å²) < 4.78 is 30.6. The van der Waals surface area contributed by atoms with Gasteiger partial charge in [0.05, 0.1) is 26.4 Å². The molecule has 0 fully saturated rings. The van der Waals surface area contributed by atoms with E-state index in [0.717, 1.165) is 9.30 Å². The molecule has 0 aliphatic rings. The molecule has 0 aliphatic heterocycles. The van der Waals surface area contributed by atoms with Crippen LogP contribution in [0.5, 0.6) is 0 Å². The number of imidazole rings is 1. The third-order valence-corrected chi connectivity index (χ3v) is 7.94. The molecule has 0 saturated carbocycles. The molecule has 10 heteroatoms. The Labute approximate surface area is 177 Å². The lowest BCUT2D eigenvalue weighted by Gasteiger charge is -2.17. The number of sulfonamides is 1. The summed E-state index contributed by atoms with van der Waals surface area (Å²) in [6.45, 7) is 3.48. The highest BCUT2D eigenvalue weighted by molar-refractivity contribution is 9.11. The zero-order valence-corrected chi connectivity index (χ0v) is 19.4. The number of thiophene rings is 1. The standard InChI is InChI=1S/C18H23BrN4O3S2/c1-5-22-15-8-7-14(28(25,26)20(2)3)10-16(15)23(18(22)24)12-21(4)11-13-6-9-17(19)27-13/h6-10H,5,11-12H2,1-4H3. The molecule has 0 saturated heterocycles. The lowest BCUT2D eigenvalue weighted by atomic mass is 10.3. The molecule has 0 spiro atoms. The minimum Gasteiger partial charge on any atom is -0.292 e. The summed E-state index contributed by atoms with van der Waals surface area (Å²) in [5.41, 5.74) is 1.21. The van der Waals surface area contributed by atoms with Gasteiger partial charge in [0.15, 0.2) is 0 Å². The number of nitrogens with zero attached hydrogens (tertiary/aromatic N) is 4. The van der Waals surface area contributed by atoms with Crippen LogP contribution >= 0.6 is 27.3 Å². The van der Waals surface area contributed by atoms with E-state index in [1.165, 1.54) is 23.3 Å². The van der Waals surface area contributed by atoms with E-state index in [9.17, 15) is 13.2 Å². The summed E-state index contributed by atoms with van der Waals surface area (Å²) >= 11 is 5.12. The highest BCUT2D eigenvalue weighted by Crippen LogP contribution is 2.24. The predicted octanol–water partition coefficient (Wildman–Crippen LogP) is 2.99. The normalized spacial score (nSPS) is 12.5. The van der Waals surface area contributed by atoms with Crippen LogP contribution in [0.15, 0.2) is 43.8 Å². The van der Waals surface area contributed by atoms with E-state index in [-0.39, 0.29) is 10.6 Å². The van der Waals surface area contributed by atoms with Crippen molar-refractivity contribution in [2.24, 2.45) is 0 Å². The molecule has 7 nitrogen and oxygen atoms in total. The maximum Gasteiger partial charge on any atom is 0.330 e. The highest BCUT2D eigenvalue weighted by atomic mass is 79.9. The molecule has 2 aromatic heterocycles. The zero-order valence-electron chi connectivity index (χ0n) is 16.2. The number of aromatic nitrogens is 2. The van der Waals surface area contributed by atoms with E-state index < -0.39 is 10.0 Å². The molecule has 1 aromatic carbocycles. The Bertz CT molecular complexity index is 1160. The zero-order chi connectivity index (χ0) is 20.6. The van der Waals surface area contributed by atoms with Gasteiger partial charge in [0.25, 0.3) is 0 Å². The third kappa shape index (κ3) is 3.97. The lowest BCUT2D eigenvalue weighted by molar-refractivity contribution is 0.261. The van der Waals surface area contributed by atoms with Crippen molar-refractivity contribution < 1.29 is 8.42 Å². The van der Waals surface area contributed by atoms with Crippen LogP contribution in [-0.2, 0) is 29.8 Å². The Kier molecular flexibility index (Phi) is 6.16. The first-order chi connectivity index (χ1) is 13.1. The van der Waals surface area contributed by atoms with Gasteiger partial charge < -0.3 is 0 Å². The number of benzene rings is 1. The van der Waals surface area contributed by atoms with E-state index in [1.54, 1.807) is 38.7 Å². The van der Waals surface area contributed by atoms with Gasteiger partial charge in [-0.1, -0.05) is 0 Å². The van der Waals surface area contributed by atoms with Crippen LogP contribution in [0, 0.1) is 0 Å². The van der Waals surface area contributed by atoms with Crippen LogP contribution in [0.25, 0.3) is 11.0 Å². The minimum atomic E-state index is -3.58. The molecule has 0 atom stereocenters. The van der Waals surface area contributed by atoms with Crippen LogP contribution in [0.2, 0.25) is 0 Å². The van der Waals surface area contributed by atoms with Gasteiger partial charge in [-0.15, -0.1) is 11.3 Å². The number of hydrogen-bond acceptors (Lipinski definition) is 5. The van der Waals surface area contributed by atoms with Crippen molar-refractivity contribution >= 4 is 48.3 Å². The number of halogens is 1. The number of aryl methyl sites for hydroxylation is 1. The largest absolute Gasteiger partial charge is 0.330 e. The fourth-order valence-electron chi connectivity index (χ4n) is 3.11. The molecule has 28 heavy (non-hydrogen) atoms. The molecular weight excluding hydrogens is 464 g/mol. The van der Waals surface area contributed by atoms with Gasteiger partial charge >= 0.3 is 5.69 Å². The summed E-state index contributed by atoms with van der Waals surface area (Å²) in [6, 6.07) is 8.91. The second-order valence-electron chi connectivity index (χ2n) is 6.75. The molecule has 0 radical (unpaired) electrons. The Morgan fingerprint density at radius 3 is 2.36 bits per heavy atom. The van der Waals surface area contributed by atoms with Gasteiger partial charge in [-0.05, 0) is 60.2 Å². The average molecular weight is 487 g/mol. The number of hydrogen-bond donors (Lipinski definition) is 0. The van der Waals surface area contributed by atoms with Crippen molar-refractivity contribution in [3.63, 3.8) is 0 Å². The Morgan fingerprint density at radius 2 is 1.79 bits per heavy atom. The molecule has 3 aromatic rings. The summed E-state index contributed by atoms with van der Waals surface area (Å²) in [5, 5.41) is 0. The molecule has 2 heterocycles. The minimum absolute atomic E-state index is 0.142. The summed E-state index contributed by atoms with van der Waals surface area (Å²) in [5.74, 6) is 0. The van der Waals surface area contributed by atoms with E-state index in [4.69, 9.17) is 0 Å². The molecule has 0 bridgehead atoms. The van der Waals surface area contributed by atoms with Crippen molar-refractivity contribution in [3.8, 4) is 0 Å². The van der Waals surface area contributed by atoms with Crippen LogP contribution in [0.4, 0.5) is 0 Å². The fraction of sp³-hybridized carbons (Fsp3) is 0.389. The Morgan fingerprint density at radius 1 is 1.07 bits per heavy atom. The highest BCUT2D eigenvalue weighted by Gasteiger charge is 2.21. The van der Waals surface area contributed by atoms with E-state index in [0.29, 0.717) is 25.3 Å². The molecule has 0 aliphatic carbocycles. The monoisotopic (exact) mass is 486 g/mol. The predicted molar refractivity (Wildman–Crippen MR) is 116 cm³/mol. The van der Waals surface area contributed by atoms with Crippen LogP contribution in [0.3, 0.4) is 0 Å². The third-order valence-electron chi connectivity index (χ3n) is 4.52. The molecule has 0 unspecified atom stereocenters. The Balaban J connectivity index is 2.04.